The van der Waals surface area contributed by atoms with Crippen LogP contribution in [0.3, 0.4) is 0 Å². The van der Waals surface area contributed by atoms with Crippen molar-refractivity contribution in [2.24, 2.45) is 0 Å². The van der Waals surface area contributed by atoms with Gasteiger partial charge in [-0.25, -0.2) is 0 Å². The van der Waals surface area contributed by atoms with Gasteiger partial charge >= 0.3 is 0 Å². The SMILES string of the molecule is Cc1c2c(cc3oc4cc5cc(N(c6ccccc6)c6ccc(-c7ccccc7)cc6)ccc5cc4c13)oc1cc3cc(N(c4ccccc4)c4ccc(-c5ccccc5)cc4)ccc3cc12. The van der Waals surface area contributed by atoms with Crippen LogP contribution >= 0.6 is 0 Å². The molecule has 0 N–H and O–H groups in total. The Morgan fingerprint density at radius 3 is 1.01 bits per heavy atom. The molecule has 0 aliphatic heterocycles. The first-order valence-corrected chi connectivity index (χ1v) is 22.8. The Hall–Kier alpha value is -8.86. The van der Waals surface area contributed by atoms with Crippen molar-refractivity contribution in [1.29, 1.82) is 0 Å². The molecule has 2 aromatic heterocycles. The second kappa shape index (κ2) is 15.7. The molecule has 0 radical (unpaired) electrons. The van der Waals surface area contributed by atoms with E-state index in [0.717, 1.165) is 105 Å². The third-order valence-corrected chi connectivity index (χ3v) is 13.3. The topological polar surface area (TPSA) is 32.8 Å². The molecule has 67 heavy (non-hydrogen) atoms. The summed E-state index contributed by atoms with van der Waals surface area (Å²) in [6.07, 6.45) is 0. The highest BCUT2D eigenvalue weighted by Crippen LogP contribution is 2.45. The van der Waals surface area contributed by atoms with Crippen molar-refractivity contribution in [3.63, 3.8) is 0 Å². The molecule has 13 rings (SSSR count). The molecule has 0 saturated heterocycles. The average Bonchev–Trinajstić information content (AvgIpc) is 3.93. The van der Waals surface area contributed by atoms with E-state index in [1.165, 1.54) is 22.3 Å². The molecule has 316 valence electrons. The zero-order valence-corrected chi connectivity index (χ0v) is 36.7. The van der Waals surface area contributed by atoms with Crippen molar-refractivity contribution in [2.75, 3.05) is 9.80 Å². The molecule has 0 spiro atoms. The van der Waals surface area contributed by atoms with Gasteiger partial charge in [0.1, 0.15) is 22.3 Å². The van der Waals surface area contributed by atoms with Crippen LogP contribution in [0.5, 0.6) is 0 Å². The van der Waals surface area contributed by atoms with Crippen LogP contribution in [-0.4, -0.2) is 0 Å². The fraction of sp³-hybridized carbons (Fsp3) is 0.0159. The van der Waals surface area contributed by atoms with Gasteiger partial charge in [0.25, 0.3) is 0 Å². The van der Waals surface area contributed by atoms with Gasteiger partial charge in [0.15, 0.2) is 0 Å². The van der Waals surface area contributed by atoms with Gasteiger partial charge in [0.2, 0.25) is 0 Å². The van der Waals surface area contributed by atoms with E-state index in [2.05, 4.69) is 253 Å². The molecule has 0 bridgehead atoms. The van der Waals surface area contributed by atoms with Crippen molar-refractivity contribution in [3.05, 3.63) is 242 Å². The number of hydrogen-bond donors (Lipinski definition) is 0. The second-order valence-electron chi connectivity index (χ2n) is 17.4. The minimum atomic E-state index is 0.822. The largest absolute Gasteiger partial charge is 0.456 e. The van der Waals surface area contributed by atoms with Crippen LogP contribution in [0.15, 0.2) is 245 Å². The number of para-hydroxylation sites is 2. The third kappa shape index (κ3) is 6.69. The number of fused-ring (bicyclic) bond motifs is 8. The van der Waals surface area contributed by atoms with E-state index < -0.39 is 0 Å². The van der Waals surface area contributed by atoms with Gasteiger partial charge < -0.3 is 18.6 Å². The molecule has 11 aromatic carbocycles. The van der Waals surface area contributed by atoms with Crippen LogP contribution in [0.4, 0.5) is 34.1 Å². The minimum absolute atomic E-state index is 0.822. The maximum absolute atomic E-state index is 6.73. The van der Waals surface area contributed by atoms with Gasteiger partial charge in [0, 0.05) is 61.7 Å². The first-order valence-electron chi connectivity index (χ1n) is 22.8. The Balaban J connectivity index is 0.878. The van der Waals surface area contributed by atoms with Crippen LogP contribution in [0.1, 0.15) is 5.56 Å². The summed E-state index contributed by atoms with van der Waals surface area (Å²) >= 11 is 0. The fourth-order valence-corrected chi connectivity index (χ4v) is 10.1. The maximum Gasteiger partial charge on any atom is 0.139 e. The van der Waals surface area contributed by atoms with Crippen molar-refractivity contribution in [1.82, 2.24) is 0 Å². The molecule has 4 nitrogen and oxygen atoms in total. The average molecular weight is 859 g/mol. The van der Waals surface area contributed by atoms with E-state index in [-0.39, 0.29) is 0 Å². The molecular formula is C63H42N2O2. The molecule has 4 heteroatoms. The highest BCUT2D eigenvalue weighted by Gasteiger charge is 2.21. The first-order chi connectivity index (χ1) is 33.1. The van der Waals surface area contributed by atoms with E-state index >= 15 is 0 Å². The molecule has 0 atom stereocenters. The van der Waals surface area contributed by atoms with Crippen molar-refractivity contribution < 1.29 is 8.83 Å². The lowest BCUT2D eigenvalue weighted by Gasteiger charge is -2.26. The molecular weight excluding hydrogens is 817 g/mol. The Morgan fingerprint density at radius 1 is 0.269 bits per heavy atom. The quantitative estimate of drug-likeness (QED) is 0.152. The van der Waals surface area contributed by atoms with Crippen molar-refractivity contribution in [3.8, 4) is 22.3 Å². The summed E-state index contributed by atoms with van der Waals surface area (Å²) < 4.78 is 13.5. The van der Waals surface area contributed by atoms with Gasteiger partial charge in [-0.2, -0.15) is 0 Å². The Kier molecular flexibility index (Phi) is 9.04. The molecule has 2 heterocycles. The van der Waals surface area contributed by atoms with E-state index in [9.17, 15) is 0 Å². The normalized spacial score (nSPS) is 11.7. The summed E-state index contributed by atoms with van der Waals surface area (Å²) in [7, 11) is 0. The zero-order valence-electron chi connectivity index (χ0n) is 36.7. The van der Waals surface area contributed by atoms with Gasteiger partial charge in [-0.1, -0.05) is 133 Å². The molecule has 0 amide bonds. The lowest BCUT2D eigenvalue weighted by Crippen LogP contribution is -2.09. The van der Waals surface area contributed by atoms with Crippen LogP contribution < -0.4 is 9.80 Å². The number of hydrogen-bond acceptors (Lipinski definition) is 4. The summed E-state index contributed by atoms with van der Waals surface area (Å²) in [6.45, 7) is 2.21. The highest BCUT2D eigenvalue weighted by atomic mass is 16.3. The van der Waals surface area contributed by atoms with E-state index in [4.69, 9.17) is 8.83 Å². The Labute approximate surface area is 387 Å². The number of anilines is 6. The number of nitrogens with zero attached hydrogens (tertiary/aromatic N) is 2. The van der Waals surface area contributed by atoms with Crippen LogP contribution in [0.25, 0.3) is 87.7 Å². The van der Waals surface area contributed by atoms with Crippen molar-refractivity contribution in [2.45, 2.75) is 6.92 Å². The summed E-state index contributed by atoms with van der Waals surface area (Å²) in [5.74, 6) is 0. The number of benzene rings is 11. The zero-order chi connectivity index (χ0) is 44.4. The van der Waals surface area contributed by atoms with E-state index in [1.807, 2.05) is 0 Å². The third-order valence-electron chi connectivity index (χ3n) is 13.3. The van der Waals surface area contributed by atoms with Crippen LogP contribution in [0, 0.1) is 6.92 Å². The Bertz CT molecular complexity index is 3700. The van der Waals surface area contributed by atoms with Crippen molar-refractivity contribution >= 4 is 99.5 Å². The monoisotopic (exact) mass is 858 g/mol. The predicted molar refractivity (Wildman–Crippen MR) is 281 cm³/mol. The maximum atomic E-state index is 6.73. The van der Waals surface area contributed by atoms with Gasteiger partial charge in [0.05, 0.1) is 0 Å². The second-order valence-corrected chi connectivity index (χ2v) is 17.4. The number of rotatable bonds is 8. The molecule has 0 aliphatic carbocycles. The number of furan rings is 2. The lowest BCUT2D eigenvalue weighted by molar-refractivity contribution is 0.656. The standard InChI is InChI=1S/C63H42N2O2/c1-41-62-56-36-46-26-32-54(64(50-18-10-4-11-19-50)52-28-22-44(23-29-52)42-14-6-2-7-15-42)34-48(46)38-58(56)66-60(62)40-61-63(41)57-37-47-27-33-55(35-49(47)39-59(57)67-61)65(51-20-12-5-13-21-51)53-30-24-45(25-31-53)43-16-8-3-9-17-43/h2-40H,1H3. The highest BCUT2D eigenvalue weighted by molar-refractivity contribution is 6.21. The van der Waals surface area contributed by atoms with E-state index in [0.29, 0.717) is 0 Å². The van der Waals surface area contributed by atoms with Crippen LogP contribution in [-0.2, 0) is 0 Å². The molecule has 0 saturated carbocycles. The summed E-state index contributed by atoms with van der Waals surface area (Å²) in [4.78, 5) is 4.63. The van der Waals surface area contributed by atoms with Crippen LogP contribution in [0.2, 0.25) is 0 Å². The Morgan fingerprint density at radius 2 is 0.612 bits per heavy atom. The molecule has 13 aromatic rings. The predicted octanol–water partition coefficient (Wildman–Crippen LogP) is 18.4. The number of aryl methyl sites for hydroxylation is 1. The van der Waals surface area contributed by atoms with Gasteiger partial charge in [-0.3, -0.25) is 0 Å². The molecule has 0 aliphatic rings. The summed E-state index contributed by atoms with van der Waals surface area (Å²) in [5.41, 5.74) is 15.8. The fourth-order valence-electron chi connectivity index (χ4n) is 10.1. The van der Waals surface area contributed by atoms with E-state index in [1.54, 1.807) is 0 Å². The van der Waals surface area contributed by atoms with Gasteiger partial charge in [-0.15, -0.1) is 0 Å². The summed E-state index contributed by atoms with van der Waals surface area (Å²) in [5, 5.41) is 8.97. The molecule has 0 fully saturated rings. The smallest absolute Gasteiger partial charge is 0.139 e. The summed E-state index contributed by atoms with van der Waals surface area (Å²) in [6, 6.07) is 84.3. The lowest BCUT2D eigenvalue weighted by atomic mass is 9.98. The minimum Gasteiger partial charge on any atom is -0.456 e. The molecule has 0 unspecified atom stereocenters. The first kappa shape index (κ1) is 38.6. The van der Waals surface area contributed by atoms with Gasteiger partial charge in [-0.05, 0) is 153 Å².